The van der Waals surface area contributed by atoms with Crippen LogP contribution in [0.3, 0.4) is 0 Å². The van der Waals surface area contributed by atoms with Crippen molar-refractivity contribution >= 4 is 40.6 Å². The summed E-state index contributed by atoms with van der Waals surface area (Å²) in [6.45, 7) is -0.611. The van der Waals surface area contributed by atoms with Crippen LogP contribution in [-0.4, -0.2) is 47.8 Å². The van der Waals surface area contributed by atoms with Gasteiger partial charge in [0.1, 0.15) is 0 Å². The summed E-state index contributed by atoms with van der Waals surface area (Å²) in [5.74, 6) is -0.681. The van der Waals surface area contributed by atoms with Gasteiger partial charge in [-0.25, -0.2) is 4.79 Å². The molecule has 2 aromatic rings. The maximum absolute atomic E-state index is 12.9. The van der Waals surface area contributed by atoms with Gasteiger partial charge in [-0.15, -0.1) is 0 Å². The molecule has 2 aromatic carbocycles. The van der Waals surface area contributed by atoms with Gasteiger partial charge in [0.05, 0.1) is 30.6 Å². The fourth-order valence-corrected chi connectivity index (χ4v) is 3.75. The van der Waals surface area contributed by atoms with E-state index in [0.29, 0.717) is 23.1 Å². The monoisotopic (exact) mass is 458 g/mol. The maximum atomic E-state index is 12.9. The number of methoxy groups -OCH3 is 2. The van der Waals surface area contributed by atoms with E-state index in [1.165, 1.54) is 38.5 Å². The molecule has 2 amide bonds. The molecule has 1 heterocycles. The van der Waals surface area contributed by atoms with Gasteiger partial charge in [-0.3, -0.25) is 24.6 Å². The molecule has 11 heteroatoms. The Labute approximate surface area is 186 Å². The Kier molecular flexibility index (Phi) is 7.11. The SMILES string of the molecule is COC(=O)COc1c(/C=C2/SC(=O)N(Cc3ccccc3[N+](=O)[O-])C2=O)cccc1OC. The standard InChI is InChI=1S/C21H18N2O8S/c1-29-16-9-5-7-13(19(16)31-12-18(24)30-2)10-17-20(25)22(21(26)32-17)11-14-6-3-4-8-15(14)23(27)28/h3-10H,11-12H2,1-2H3/b17-10+. The summed E-state index contributed by atoms with van der Waals surface area (Å²) >= 11 is 0.702. The molecule has 3 rings (SSSR count). The van der Waals surface area contributed by atoms with Crippen LogP contribution in [0.2, 0.25) is 0 Å². The molecular formula is C21H18N2O8S. The van der Waals surface area contributed by atoms with Gasteiger partial charge in [0, 0.05) is 17.2 Å². The highest BCUT2D eigenvalue weighted by Crippen LogP contribution is 2.38. The van der Waals surface area contributed by atoms with Crippen molar-refractivity contribution < 1.29 is 33.5 Å². The normalized spacial score (nSPS) is 14.6. The van der Waals surface area contributed by atoms with Crippen LogP contribution in [0.4, 0.5) is 10.5 Å². The lowest BCUT2D eigenvalue weighted by molar-refractivity contribution is -0.385. The second-order valence-electron chi connectivity index (χ2n) is 6.40. The average molecular weight is 458 g/mol. The molecule has 0 atom stereocenters. The van der Waals surface area contributed by atoms with Gasteiger partial charge in [0.15, 0.2) is 18.1 Å². The summed E-state index contributed by atoms with van der Waals surface area (Å²) in [5, 5.41) is 10.7. The Morgan fingerprint density at radius 1 is 1.16 bits per heavy atom. The van der Waals surface area contributed by atoms with E-state index in [0.717, 1.165) is 4.90 Å². The zero-order chi connectivity index (χ0) is 23.3. The predicted octanol–water partition coefficient (Wildman–Crippen LogP) is 3.39. The molecule has 0 aromatic heterocycles. The molecule has 0 N–H and O–H groups in total. The van der Waals surface area contributed by atoms with Crippen LogP contribution < -0.4 is 9.47 Å². The minimum absolute atomic E-state index is 0.102. The summed E-state index contributed by atoms with van der Waals surface area (Å²) < 4.78 is 15.3. The average Bonchev–Trinajstić information content (AvgIpc) is 3.05. The summed E-state index contributed by atoms with van der Waals surface area (Å²) in [4.78, 5) is 48.5. The summed E-state index contributed by atoms with van der Waals surface area (Å²) in [7, 11) is 2.65. The topological polar surface area (TPSA) is 125 Å². The van der Waals surface area contributed by atoms with Crippen LogP contribution >= 0.6 is 11.8 Å². The van der Waals surface area contributed by atoms with Gasteiger partial charge >= 0.3 is 5.97 Å². The lowest BCUT2D eigenvalue weighted by atomic mass is 10.1. The molecule has 0 aliphatic carbocycles. The first kappa shape index (κ1) is 22.8. The molecule has 0 unspecified atom stereocenters. The number of ether oxygens (including phenoxy) is 3. The molecule has 10 nitrogen and oxygen atoms in total. The van der Waals surface area contributed by atoms with E-state index in [1.54, 1.807) is 24.3 Å². The highest BCUT2D eigenvalue weighted by atomic mass is 32.2. The van der Waals surface area contributed by atoms with Crippen molar-refractivity contribution in [3.05, 3.63) is 68.6 Å². The summed E-state index contributed by atoms with van der Waals surface area (Å²) in [6.07, 6.45) is 1.44. The molecule has 166 valence electrons. The Morgan fingerprint density at radius 2 is 1.91 bits per heavy atom. The Balaban J connectivity index is 1.89. The largest absolute Gasteiger partial charge is 0.493 e. The van der Waals surface area contributed by atoms with Crippen LogP contribution in [0.5, 0.6) is 11.5 Å². The van der Waals surface area contributed by atoms with Crippen LogP contribution in [-0.2, 0) is 20.9 Å². The number of imide groups is 1. The minimum Gasteiger partial charge on any atom is -0.493 e. The smallest absolute Gasteiger partial charge is 0.343 e. The van der Waals surface area contributed by atoms with Gasteiger partial charge in [0.2, 0.25) is 0 Å². The van der Waals surface area contributed by atoms with E-state index >= 15 is 0 Å². The van der Waals surface area contributed by atoms with Crippen molar-refractivity contribution in [1.82, 2.24) is 4.90 Å². The van der Waals surface area contributed by atoms with E-state index in [4.69, 9.17) is 9.47 Å². The van der Waals surface area contributed by atoms with Crippen LogP contribution in [0.1, 0.15) is 11.1 Å². The van der Waals surface area contributed by atoms with Crippen LogP contribution in [0.15, 0.2) is 47.4 Å². The number of amides is 2. The molecule has 1 fully saturated rings. The van der Waals surface area contributed by atoms with Gasteiger partial charge in [0.25, 0.3) is 16.8 Å². The third-order valence-corrected chi connectivity index (χ3v) is 5.38. The van der Waals surface area contributed by atoms with Gasteiger partial charge in [-0.2, -0.15) is 0 Å². The lowest BCUT2D eigenvalue weighted by Gasteiger charge is -2.13. The van der Waals surface area contributed by atoms with Crippen molar-refractivity contribution in [2.24, 2.45) is 0 Å². The molecule has 1 saturated heterocycles. The maximum Gasteiger partial charge on any atom is 0.343 e. The van der Waals surface area contributed by atoms with Crippen LogP contribution in [0, 0.1) is 10.1 Å². The number of benzene rings is 2. The Bertz CT molecular complexity index is 1110. The molecule has 0 spiro atoms. The summed E-state index contributed by atoms with van der Waals surface area (Å²) in [6, 6.07) is 10.8. The van der Waals surface area contributed by atoms with E-state index in [9.17, 15) is 24.5 Å². The fourth-order valence-electron chi connectivity index (χ4n) is 2.92. The second-order valence-corrected chi connectivity index (χ2v) is 7.39. The molecule has 1 aliphatic rings. The number of esters is 1. The molecular weight excluding hydrogens is 440 g/mol. The quantitative estimate of drug-likeness (QED) is 0.253. The zero-order valence-electron chi connectivity index (χ0n) is 17.1. The number of hydrogen-bond acceptors (Lipinski definition) is 9. The first-order valence-electron chi connectivity index (χ1n) is 9.20. The van der Waals surface area contributed by atoms with Crippen molar-refractivity contribution in [2.75, 3.05) is 20.8 Å². The number of nitro benzene ring substituents is 1. The predicted molar refractivity (Wildman–Crippen MR) is 115 cm³/mol. The lowest BCUT2D eigenvalue weighted by Crippen LogP contribution is -2.27. The number of carbonyl (C=O) groups is 3. The third kappa shape index (κ3) is 4.89. The first-order chi connectivity index (χ1) is 15.3. The van der Waals surface area contributed by atoms with E-state index < -0.39 is 22.0 Å². The highest BCUT2D eigenvalue weighted by Gasteiger charge is 2.36. The van der Waals surface area contributed by atoms with Crippen molar-refractivity contribution in [3.63, 3.8) is 0 Å². The van der Waals surface area contributed by atoms with Gasteiger partial charge in [-0.1, -0.05) is 30.3 Å². The van der Waals surface area contributed by atoms with Gasteiger partial charge < -0.3 is 14.2 Å². The number of hydrogen-bond donors (Lipinski definition) is 0. The van der Waals surface area contributed by atoms with Crippen molar-refractivity contribution in [1.29, 1.82) is 0 Å². The molecule has 1 aliphatic heterocycles. The zero-order valence-corrected chi connectivity index (χ0v) is 17.9. The molecule has 32 heavy (non-hydrogen) atoms. The van der Waals surface area contributed by atoms with E-state index in [2.05, 4.69) is 4.74 Å². The highest BCUT2D eigenvalue weighted by molar-refractivity contribution is 8.18. The number of thioether (sulfide) groups is 1. The Morgan fingerprint density at radius 3 is 2.59 bits per heavy atom. The van der Waals surface area contributed by atoms with Gasteiger partial charge in [-0.05, 0) is 23.9 Å². The van der Waals surface area contributed by atoms with E-state index in [-0.39, 0.29) is 35.1 Å². The minimum atomic E-state index is -0.605. The Hall–Kier alpha value is -3.86. The first-order valence-corrected chi connectivity index (χ1v) is 10.0. The number of carbonyl (C=O) groups excluding carboxylic acids is 3. The molecule has 0 saturated carbocycles. The number of nitro groups is 1. The van der Waals surface area contributed by atoms with Crippen molar-refractivity contribution in [2.45, 2.75) is 6.54 Å². The second kappa shape index (κ2) is 9.96. The van der Waals surface area contributed by atoms with Crippen molar-refractivity contribution in [3.8, 4) is 11.5 Å². The number of para-hydroxylation sites is 2. The molecule has 0 bridgehead atoms. The summed E-state index contributed by atoms with van der Waals surface area (Å²) in [5.41, 5.74) is 0.468. The number of nitrogens with zero attached hydrogens (tertiary/aromatic N) is 2. The van der Waals surface area contributed by atoms with Crippen LogP contribution in [0.25, 0.3) is 6.08 Å². The number of rotatable bonds is 8. The molecule has 0 radical (unpaired) electrons. The fraction of sp³-hybridized carbons (Fsp3) is 0.190. The third-order valence-electron chi connectivity index (χ3n) is 4.47. The van der Waals surface area contributed by atoms with E-state index in [1.807, 2.05) is 0 Å².